The Balaban J connectivity index is 1.97. The molecule has 0 spiro atoms. The molecule has 2 rings (SSSR count). The van der Waals surface area contributed by atoms with E-state index in [0.717, 1.165) is 0 Å². The first kappa shape index (κ1) is 23.5. The molecule has 8 heteroatoms. The maximum atomic E-state index is 12.8. The van der Waals surface area contributed by atoms with E-state index in [1.807, 2.05) is 12.1 Å². The van der Waals surface area contributed by atoms with Gasteiger partial charge in [0.15, 0.2) is 11.5 Å². The Labute approximate surface area is 176 Å². The molecular formula is C22H30O8. The summed E-state index contributed by atoms with van der Waals surface area (Å²) in [4.78, 5) is 36.4. The van der Waals surface area contributed by atoms with Gasteiger partial charge < -0.3 is 24.4 Å². The molecule has 0 heterocycles. The van der Waals surface area contributed by atoms with Gasteiger partial charge in [0.05, 0.1) is 36.6 Å². The van der Waals surface area contributed by atoms with Crippen LogP contribution in [0.25, 0.3) is 0 Å². The molecule has 8 nitrogen and oxygen atoms in total. The third-order valence-corrected chi connectivity index (χ3v) is 5.71. The number of rotatable bonds is 9. The minimum absolute atomic E-state index is 0.0226. The zero-order chi connectivity index (χ0) is 22.6. The van der Waals surface area contributed by atoms with E-state index >= 15 is 0 Å². The number of carbonyl (C=O) groups is 3. The summed E-state index contributed by atoms with van der Waals surface area (Å²) in [6.07, 6.45) is 0.427. The van der Waals surface area contributed by atoms with Crippen LogP contribution in [-0.2, 0) is 19.1 Å². The lowest BCUT2D eigenvalue weighted by Crippen LogP contribution is -2.52. The molecule has 30 heavy (non-hydrogen) atoms. The molecule has 0 aromatic heterocycles. The molecule has 0 bridgehead atoms. The zero-order valence-electron chi connectivity index (χ0n) is 17.9. The Bertz CT molecular complexity index is 776. The second-order valence-electron chi connectivity index (χ2n) is 8.81. The van der Waals surface area contributed by atoms with Crippen molar-refractivity contribution in [2.24, 2.45) is 16.2 Å². The Kier molecular flexibility index (Phi) is 7.00. The Morgan fingerprint density at radius 1 is 0.867 bits per heavy atom. The number of ether oxygens (including phenoxy) is 3. The van der Waals surface area contributed by atoms with Gasteiger partial charge in [0.25, 0.3) is 0 Å². The highest BCUT2D eigenvalue weighted by Gasteiger charge is 2.58. The molecule has 3 atom stereocenters. The number of hydrogen-bond acceptors (Lipinski definition) is 6. The highest BCUT2D eigenvalue weighted by atomic mass is 16.5. The third-order valence-electron chi connectivity index (χ3n) is 5.71. The number of hydrogen-bond donors (Lipinski definition) is 2. The molecule has 166 valence electrons. The summed E-state index contributed by atoms with van der Waals surface area (Å²) in [7, 11) is 1.55. The molecule has 1 aliphatic rings. The van der Waals surface area contributed by atoms with E-state index in [4.69, 9.17) is 14.2 Å². The fourth-order valence-electron chi connectivity index (χ4n) is 4.54. The van der Waals surface area contributed by atoms with Gasteiger partial charge in [-0.25, -0.2) is 0 Å². The van der Waals surface area contributed by atoms with Gasteiger partial charge in [0, 0.05) is 6.42 Å². The van der Waals surface area contributed by atoms with Crippen LogP contribution >= 0.6 is 0 Å². The molecule has 0 radical (unpaired) electrons. The van der Waals surface area contributed by atoms with Crippen LogP contribution in [0.1, 0.15) is 46.5 Å². The van der Waals surface area contributed by atoms with E-state index in [2.05, 4.69) is 0 Å². The Hall–Kier alpha value is -2.77. The van der Waals surface area contributed by atoms with Crippen LogP contribution in [-0.4, -0.2) is 48.4 Å². The molecule has 2 N–H and O–H groups in total. The summed E-state index contributed by atoms with van der Waals surface area (Å²) in [6, 6.07) is 7.19. The number of methoxy groups -OCH3 is 1. The first-order valence-electron chi connectivity index (χ1n) is 9.86. The van der Waals surface area contributed by atoms with Gasteiger partial charge in [0.1, 0.15) is 0 Å². The van der Waals surface area contributed by atoms with E-state index < -0.39 is 34.2 Å². The number of benzene rings is 1. The molecular weight excluding hydrogens is 392 g/mol. The van der Waals surface area contributed by atoms with E-state index in [-0.39, 0.29) is 25.9 Å². The molecule has 1 aromatic rings. The fraction of sp³-hybridized carbons (Fsp3) is 0.591. The normalized spacial score (nSPS) is 28.4. The van der Waals surface area contributed by atoms with Crippen molar-refractivity contribution in [3.05, 3.63) is 24.3 Å². The molecule has 0 amide bonds. The average Bonchev–Trinajstić information content (AvgIpc) is 2.66. The first-order valence-corrected chi connectivity index (χ1v) is 9.86. The molecule has 1 aromatic carbocycles. The summed E-state index contributed by atoms with van der Waals surface area (Å²) in [6.45, 7) is 4.94. The van der Waals surface area contributed by atoms with Crippen molar-refractivity contribution in [3.8, 4) is 11.5 Å². The van der Waals surface area contributed by atoms with Crippen molar-refractivity contribution in [1.29, 1.82) is 0 Å². The van der Waals surface area contributed by atoms with Gasteiger partial charge in [-0.1, -0.05) is 12.1 Å². The largest absolute Gasteiger partial charge is 0.493 e. The number of esters is 1. The number of aliphatic carboxylic acids is 2. The van der Waals surface area contributed by atoms with Crippen molar-refractivity contribution in [2.75, 3.05) is 20.3 Å². The van der Waals surface area contributed by atoms with Crippen LogP contribution in [0.2, 0.25) is 0 Å². The minimum atomic E-state index is -1.33. The van der Waals surface area contributed by atoms with Crippen LogP contribution in [0.5, 0.6) is 11.5 Å². The molecule has 1 saturated carbocycles. The minimum Gasteiger partial charge on any atom is -0.493 e. The summed E-state index contributed by atoms with van der Waals surface area (Å²) in [5.41, 5.74) is -3.86. The number of carbonyl (C=O) groups excluding carboxylic acids is 1. The first-order chi connectivity index (χ1) is 14.0. The molecule has 0 saturated heterocycles. The summed E-state index contributed by atoms with van der Waals surface area (Å²) in [5, 5.41) is 19.3. The van der Waals surface area contributed by atoms with Crippen molar-refractivity contribution in [3.63, 3.8) is 0 Å². The highest BCUT2D eigenvalue weighted by Crippen LogP contribution is 2.55. The maximum absolute atomic E-state index is 12.8. The lowest BCUT2D eigenvalue weighted by molar-refractivity contribution is -0.177. The van der Waals surface area contributed by atoms with Crippen LogP contribution in [0, 0.1) is 16.2 Å². The van der Waals surface area contributed by atoms with Gasteiger partial charge in [0.2, 0.25) is 0 Å². The van der Waals surface area contributed by atoms with Crippen molar-refractivity contribution in [1.82, 2.24) is 0 Å². The van der Waals surface area contributed by atoms with Crippen LogP contribution < -0.4 is 9.47 Å². The quantitative estimate of drug-likeness (QED) is 0.459. The van der Waals surface area contributed by atoms with E-state index in [0.29, 0.717) is 24.5 Å². The fourth-order valence-corrected chi connectivity index (χ4v) is 4.54. The molecule has 1 aliphatic carbocycles. The predicted molar refractivity (Wildman–Crippen MR) is 108 cm³/mol. The Morgan fingerprint density at radius 2 is 1.37 bits per heavy atom. The lowest BCUT2D eigenvalue weighted by atomic mass is 9.54. The second-order valence-corrected chi connectivity index (χ2v) is 8.81. The Morgan fingerprint density at radius 3 is 1.87 bits per heavy atom. The lowest BCUT2D eigenvalue weighted by Gasteiger charge is -2.47. The smallest absolute Gasteiger partial charge is 0.311 e. The van der Waals surface area contributed by atoms with Gasteiger partial charge in [-0.05, 0) is 52.2 Å². The van der Waals surface area contributed by atoms with Crippen molar-refractivity contribution < 1.29 is 38.8 Å². The van der Waals surface area contributed by atoms with E-state index in [1.54, 1.807) is 26.2 Å². The van der Waals surface area contributed by atoms with Crippen molar-refractivity contribution >= 4 is 17.9 Å². The van der Waals surface area contributed by atoms with Gasteiger partial charge in [-0.15, -0.1) is 0 Å². The van der Waals surface area contributed by atoms with Gasteiger partial charge in [-0.3, -0.25) is 14.4 Å². The molecule has 1 fully saturated rings. The third kappa shape index (κ3) is 5.04. The SMILES string of the molecule is COc1ccccc1OCCCOC(=O)C1(C)C[C@](C)(C(=O)O)C[C@](C)(C(=O)O)C1. The van der Waals surface area contributed by atoms with E-state index in [1.165, 1.54) is 13.8 Å². The van der Waals surface area contributed by atoms with Gasteiger partial charge >= 0.3 is 17.9 Å². The van der Waals surface area contributed by atoms with Crippen LogP contribution in [0.15, 0.2) is 24.3 Å². The summed E-state index contributed by atoms with van der Waals surface area (Å²) in [5.74, 6) is -1.62. The second kappa shape index (κ2) is 8.93. The summed E-state index contributed by atoms with van der Waals surface area (Å²) < 4.78 is 16.2. The van der Waals surface area contributed by atoms with Gasteiger partial charge in [-0.2, -0.15) is 0 Å². The molecule has 0 aliphatic heterocycles. The van der Waals surface area contributed by atoms with Crippen molar-refractivity contribution in [2.45, 2.75) is 46.5 Å². The standard InChI is InChI=1S/C22H30O8/c1-20(17(23)24)12-21(2,18(25)26)14-22(3,13-20)19(27)30-11-7-10-29-16-9-6-5-8-15(16)28-4/h5-6,8-9H,7,10-14H2,1-4H3,(H,23,24)(H,25,26)/t20-,21+,22?. The average molecular weight is 422 g/mol. The number of para-hydroxylation sites is 2. The van der Waals surface area contributed by atoms with Crippen LogP contribution in [0.4, 0.5) is 0 Å². The topological polar surface area (TPSA) is 119 Å². The zero-order valence-corrected chi connectivity index (χ0v) is 17.9. The molecule has 1 unspecified atom stereocenters. The number of carboxylic acids is 2. The maximum Gasteiger partial charge on any atom is 0.311 e. The van der Waals surface area contributed by atoms with Crippen LogP contribution in [0.3, 0.4) is 0 Å². The monoisotopic (exact) mass is 422 g/mol. The highest BCUT2D eigenvalue weighted by molar-refractivity contribution is 5.84. The predicted octanol–water partition coefficient (Wildman–Crippen LogP) is 3.38. The number of carboxylic acid groups (broad SMARTS) is 2. The van der Waals surface area contributed by atoms with E-state index in [9.17, 15) is 24.6 Å². The summed E-state index contributed by atoms with van der Waals surface area (Å²) >= 11 is 0.